The highest BCUT2D eigenvalue weighted by molar-refractivity contribution is 6.32. The van der Waals surface area contributed by atoms with Crippen molar-refractivity contribution in [1.29, 1.82) is 0 Å². The van der Waals surface area contributed by atoms with Crippen LogP contribution >= 0.6 is 11.6 Å². The van der Waals surface area contributed by atoms with E-state index in [2.05, 4.69) is 15.7 Å². The van der Waals surface area contributed by atoms with E-state index in [1.165, 1.54) is 35.3 Å². The summed E-state index contributed by atoms with van der Waals surface area (Å²) in [7, 11) is 1.58. The van der Waals surface area contributed by atoms with Crippen molar-refractivity contribution < 1.29 is 27.6 Å². The zero-order valence-corrected chi connectivity index (χ0v) is 18.1. The molecule has 0 aliphatic rings. The number of benzene rings is 1. The fourth-order valence-electron chi connectivity index (χ4n) is 2.97. The lowest BCUT2D eigenvalue weighted by Gasteiger charge is -2.08. The zero-order chi connectivity index (χ0) is 23.4. The SMILES string of the molecule is Cn1ncc(NC(=O)c2ccc(COc3ccc(F)cc3Cl)o2)c1C(=O)NCc1ccco1. The van der Waals surface area contributed by atoms with Crippen molar-refractivity contribution in [3.05, 3.63) is 88.7 Å². The molecule has 0 saturated carbocycles. The lowest BCUT2D eigenvalue weighted by molar-refractivity contribution is 0.0939. The molecule has 2 N–H and O–H groups in total. The number of hydrogen-bond donors (Lipinski definition) is 2. The molecule has 4 rings (SSSR count). The molecule has 0 aliphatic heterocycles. The third-order valence-electron chi connectivity index (χ3n) is 4.55. The van der Waals surface area contributed by atoms with Gasteiger partial charge in [-0.25, -0.2) is 4.39 Å². The van der Waals surface area contributed by atoms with E-state index in [1.807, 2.05) is 0 Å². The van der Waals surface area contributed by atoms with E-state index in [-0.39, 0.29) is 41.1 Å². The summed E-state index contributed by atoms with van der Waals surface area (Å²) in [6.07, 6.45) is 2.87. The molecule has 0 spiro atoms. The average Bonchev–Trinajstić information content (AvgIpc) is 3.53. The Balaban J connectivity index is 1.39. The Morgan fingerprint density at radius 3 is 2.79 bits per heavy atom. The number of nitrogens with zero attached hydrogens (tertiary/aromatic N) is 2. The molecule has 33 heavy (non-hydrogen) atoms. The van der Waals surface area contributed by atoms with Crippen LogP contribution in [0.3, 0.4) is 0 Å². The Morgan fingerprint density at radius 1 is 1.18 bits per heavy atom. The predicted molar refractivity (Wildman–Crippen MR) is 115 cm³/mol. The van der Waals surface area contributed by atoms with Gasteiger partial charge in [-0.2, -0.15) is 5.10 Å². The normalized spacial score (nSPS) is 10.8. The second kappa shape index (κ2) is 9.61. The van der Waals surface area contributed by atoms with Crippen LogP contribution in [-0.4, -0.2) is 21.6 Å². The molecule has 3 aromatic heterocycles. The Bertz CT molecular complexity index is 1280. The van der Waals surface area contributed by atoms with Gasteiger partial charge in [0.05, 0.1) is 29.7 Å². The Kier molecular flexibility index (Phi) is 6.45. The minimum atomic E-state index is -0.575. The molecule has 0 unspecified atom stereocenters. The topological polar surface area (TPSA) is 112 Å². The van der Waals surface area contributed by atoms with Gasteiger partial charge in [0.2, 0.25) is 0 Å². The van der Waals surface area contributed by atoms with Gasteiger partial charge in [0.15, 0.2) is 5.76 Å². The molecule has 2 amide bonds. The molecule has 4 aromatic rings. The largest absolute Gasteiger partial charge is 0.484 e. The summed E-state index contributed by atoms with van der Waals surface area (Å²) in [5.74, 6) is -0.272. The van der Waals surface area contributed by atoms with E-state index < -0.39 is 17.6 Å². The maximum Gasteiger partial charge on any atom is 0.291 e. The summed E-state index contributed by atoms with van der Waals surface area (Å²) in [5.41, 5.74) is 0.378. The average molecular weight is 473 g/mol. The predicted octanol–water partition coefficient (Wildman–Crippen LogP) is 4.16. The second-order valence-electron chi connectivity index (χ2n) is 6.88. The number of nitrogens with one attached hydrogen (secondary N) is 2. The number of ether oxygens (including phenoxy) is 1. The second-order valence-corrected chi connectivity index (χ2v) is 7.28. The Hall–Kier alpha value is -4.05. The number of furan rings is 2. The van der Waals surface area contributed by atoms with Crippen molar-refractivity contribution >= 4 is 29.1 Å². The van der Waals surface area contributed by atoms with Gasteiger partial charge in [-0.15, -0.1) is 0 Å². The van der Waals surface area contributed by atoms with Gasteiger partial charge in [-0.05, 0) is 42.5 Å². The van der Waals surface area contributed by atoms with E-state index in [1.54, 1.807) is 25.2 Å². The van der Waals surface area contributed by atoms with Crippen LogP contribution in [0.4, 0.5) is 10.1 Å². The molecule has 0 fully saturated rings. The first-order chi connectivity index (χ1) is 15.9. The Labute approximate surface area is 192 Å². The first-order valence-corrected chi connectivity index (χ1v) is 10.1. The third-order valence-corrected chi connectivity index (χ3v) is 4.85. The molecule has 3 heterocycles. The Morgan fingerprint density at radius 2 is 2.03 bits per heavy atom. The first-order valence-electron chi connectivity index (χ1n) is 9.71. The highest BCUT2D eigenvalue weighted by atomic mass is 35.5. The fraction of sp³-hybridized carbons (Fsp3) is 0.136. The molecular formula is C22H18ClFN4O5. The molecule has 0 saturated heterocycles. The number of hydrogen-bond acceptors (Lipinski definition) is 6. The minimum absolute atomic E-state index is 0.00426. The van der Waals surface area contributed by atoms with Crippen molar-refractivity contribution in [1.82, 2.24) is 15.1 Å². The van der Waals surface area contributed by atoms with Crippen LogP contribution in [0.25, 0.3) is 0 Å². The van der Waals surface area contributed by atoms with E-state index >= 15 is 0 Å². The van der Waals surface area contributed by atoms with Crippen molar-refractivity contribution in [2.24, 2.45) is 7.05 Å². The third kappa shape index (κ3) is 5.24. The summed E-state index contributed by atoms with van der Waals surface area (Å²) >= 11 is 5.93. The molecule has 9 nitrogen and oxygen atoms in total. The number of amides is 2. The molecule has 11 heteroatoms. The van der Waals surface area contributed by atoms with E-state index in [9.17, 15) is 14.0 Å². The summed E-state index contributed by atoms with van der Waals surface area (Å²) in [6, 6.07) is 10.2. The summed E-state index contributed by atoms with van der Waals surface area (Å²) < 4.78 is 30.7. The first kappa shape index (κ1) is 22.2. The number of aromatic nitrogens is 2. The molecule has 0 bridgehead atoms. The van der Waals surface area contributed by atoms with Crippen LogP contribution in [0, 0.1) is 5.82 Å². The number of halogens is 2. The molecule has 0 radical (unpaired) electrons. The van der Waals surface area contributed by atoms with Gasteiger partial charge in [0.25, 0.3) is 11.8 Å². The van der Waals surface area contributed by atoms with Crippen LogP contribution in [0.15, 0.2) is 63.8 Å². The van der Waals surface area contributed by atoms with Gasteiger partial charge < -0.3 is 24.2 Å². The number of carbonyl (C=O) groups excluding carboxylic acids is 2. The summed E-state index contributed by atoms with van der Waals surface area (Å²) in [4.78, 5) is 25.2. The number of anilines is 1. The number of rotatable bonds is 8. The molecular weight excluding hydrogens is 455 g/mol. The lowest BCUT2D eigenvalue weighted by Crippen LogP contribution is -2.26. The highest BCUT2D eigenvalue weighted by Crippen LogP contribution is 2.26. The van der Waals surface area contributed by atoms with Gasteiger partial charge in [-0.3, -0.25) is 14.3 Å². The molecule has 170 valence electrons. The van der Waals surface area contributed by atoms with Gasteiger partial charge in [0, 0.05) is 7.05 Å². The standard InChI is InChI=1S/C22H18ClFN4O5/c1-28-20(22(30)25-10-14-3-2-8-31-14)17(11-26-28)27-21(29)19-7-5-15(33-19)12-32-18-6-4-13(24)9-16(18)23/h2-9,11H,10,12H2,1H3,(H,25,30)(H,27,29). The maximum atomic E-state index is 13.1. The van der Waals surface area contributed by atoms with Gasteiger partial charge in [-0.1, -0.05) is 11.6 Å². The maximum absolute atomic E-state index is 13.1. The quantitative estimate of drug-likeness (QED) is 0.398. The van der Waals surface area contributed by atoms with Crippen LogP contribution in [-0.2, 0) is 20.2 Å². The van der Waals surface area contributed by atoms with Gasteiger partial charge >= 0.3 is 0 Å². The number of carbonyl (C=O) groups is 2. The molecule has 1 aromatic carbocycles. The number of aryl methyl sites for hydroxylation is 1. The van der Waals surface area contributed by atoms with E-state index in [0.29, 0.717) is 11.5 Å². The van der Waals surface area contributed by atoms with E-state index in [4.69, 9.17) is 25.2 Å². The zero-order valence-electron chi connectivity index (χ0n) is 17.3. The van der Waals surface area contributed by atoms with Crippen molar-refractivity contribution in [3.63, 3.8) is 0 Å². The van der Waals surface area contributed by atoms with Crippen LogP contribution in [0.2, 0.25) is 5.02 Å². The van der Waals surface area contributed by atoms with Crippen molar-refractivity contribution in [2.45, 2.75) is 13.2 Å². The summed E-state index contributed by atoms with van der Waals surface area (Å²) in [5, 5.41) is 9.49. The smallest absolute Gasteiger partial charge is 0.291 e. The van der Waals surface area contributed by atoms with Crippen molar-refractivity contribution in [2.75, 3.05) is 5.32 Å². The molecule has 0 aliphatic carbocycles. The van der Waals surface area contributed by atoms with Crippen LogP contribution in [0.5, 0.6) is 5.75 Å². The highest BCUT2D eigenvalue weighted by Gasteiger charge is 2.21. The van der Waals surface area contributed by atoms with Crippen LogP contribution < -0.4 is 15.4 Å². The van der Waals surface area contributed by atoms with Crippen molar-refractivity contribution in [3.8, 4) is 5.75 Å². The lowest BCUT2D eigenvalue weighted by atomic mass is 10.3. The van der Waals surface area contributed by atoms with E-state index in [0.717, 1.165) is 6.07 Å². The minimum Gasteiger partial charge on any atom is -0.484 e. The van der Waals surface area contributed by atoms with Crippen LogP contribution in [0.1, 0.15) is 32.6 Å². The monoisotopic (exact) mass is 472 g/mol. The van der Waals surface area contributed by atoms with Gasteiger partial charge in [0.1, 0.15) is 35.4 Å². The molecule has 0 atom stereocenters. The summed E-state index contributed by atoms with van der Waals surface area (Å²) in [6.45, 7) is 0.163. The fourth-order valence-corrected chi connectivity index (χ4v) is 3.19.